The van der Waals surface area contributed by atoms with E-state index in [1.54, 1.807) is 48.8 Å². The van der Waals surface area contributed by atoms with E-state index in [4.69, 9.17) is 11.6 Å². The van der Waals surface area contributed by atoms with Crippen molar-refractivity contribution in [2.24, 2.45) is 0 Å². The molecule has 1 aromatic carbocycles. The Bertz CT molecular complexity index is 784. The number of aromatic nitrogens is 4. The highest BCUT2D eigenvalue weighted by Gasteiger charge is 2.21. The van der Waals surface area contributed by atoms with Gasteiger partial charge in [0.05, 0.1) is 5.69 Å². The van der Waals surface area contributed by atoms with Gasteiger partial charge in [0, 0.05) is 23.0 Å². The number of carboxylic acid groups (broad SMARTS) is 1. The number of rotatable bonds is 3. The van der Waals surface area contributed by atoms with E-state index in [2.05, 4.69) is 15.3 Å². The van der Waals surface area contributed by atoms with E-state index in [0.29, 0.717) is 22.0 Å². The number of halogens is 1. The third-order valence-electron chi connectivity index (χ3n) is 2.90. The second-order valence-corrected chi connectivity index (χ2v) is 4.65. The van der Waals surface area contributed by atoms with Gasteiger partial charge in [-0.2, -0.15) is 0 Å². The van der Waals surface area contributed by atoms with Gasteiger partial charge < -0.3 is 5.11 Å². The van der Waals surface area contributed by atoms with Crippen LogP contribution in [0, 0.1) is 0 Å². The van der Waals surface area contributed by atoms with Crippen LogP contribution in [0.1, 0.15) is 10.5 Å². The van der Waals surface area contributed by atoms with Crippen molar-refractivity contribution in [3.05, 3.63) is 59.5 Å². The van der Waals surface area contributed by atoms with Gasteiger partial charge >= 0.3 is 5.97 Å². The Morgan fingerprint density at radius 2 is 1.76 bits per heavy atom. The first-order valence-electron chi connectivity index (χ1n) is 6.02. The third-order valence-corrected chi connectivity index (χ3v) is 3.15. The van der Waals surface area contributed by atoms with Crippen molar-refractivity contribution in [1.29, 1.82) is 0 Å². The summed E-state index contributed by atoms with van der Waals surface area (Å²) in [4.78, 5) is 15.3. The summed E-state index contributed by atoms with van der Waals surface area (Å²) in [5.41, 5.74) is 1.62. The summed E-state index contributed by atoms with van der Waals surface area (Å²) >= 11 is 5.86. The molecule has 0 aliphatic carbocycles. The van der Waals surface area contributed by atoms with E-state index in [-0.39, 0.29) is 5.69 Å². The van der Waals surface area contributed by atoms with Crippen molar-refractivity contribution >= 4 is 17.6 Å². The number of benzene rings is 1. The van der Waals surface area contributed by atoms with Gasteiger partial charge in [-0.15, -0.1) is 5.10 Å². The van der Waals surface area contributed by atoms with Gasteiger partial charge in [0.15, 0.2) is 5.69 Å². The Balaban J connectivity index is 2.22. The fraction of sp³-hybridized carbons (Fsp3) is 0. The zero-order valence-corrected chi connectivity index (χ0v) is 11.4. The average Bonchev–Trinajstić information content (AvgIpc) is 2.94. The first-order chi connectivity index (χ1) is 10.2. The first-order valence-corrected chi connectivity index (χ1v) is 6.40. The van der Waals surface area contributed by atoms with Gasteiger partial charge in [0.2, 0.25) is 0 Å². The van der Waals surface area contributed by atoms with Crippen LogP contribution in [0.5, 0.6) is 0 Å². The molecule has 6 nitrogen and oxygen atoms in total. The van der Waals surface area contributed by atoms with E-state index in [0.717, 1.165) is 0 Å². The Labute approximate surface area is 124 Å². The van der Waals surface area contributed by atoms with E-state index in [1.165, 1.54) is 4.68 Å². The lowest BCUT2D eigenvalue weighted by Gasteiger charge is -2.07. The SMILES string of the molecule is O=C(O)c1nnn(-c2ccc(Cl)cc2)c1-c1ccncc1. The Morgan fingerprint density at radius 1 is 1.10 bits per heavy atom. The number of carbonyl (C=O) groups is 1. The van der Waals surface area contributed by atoms with Crippen LogP contribution in [-0.2, 0) is 0 Å². The molecular weight excluding hydrogens is 292 g/mol. The Hall–Kier alpha value is -2.73. The van der Waals surface area contributed by atoms with E-state index < -0.39 is 5.97 Å². The van der Waals surface area contributed by atoms with Crippen LogP contribution in [0.3, 0.4) is 0 Å². The monoisotopic (exact) mass is 300 g/mol. The maximum atomic E-state index is 11.3. The van der Waals surface area contributed by atoms with Crippen LogP contribution < -0.4 is 0 Å². The molecule has 2 aromatic heterocycles. The topological polar surface area (TPSA) is 80.9 Å². The summed E-state index contributed by atoms with van der Waals surface area (Å²) in [6.45, 7) is 0. The second kappa shape index (κ2) is 5.34. The highest BCUT2D eigenvalue weighted by atomic mass is 35.5. The maximum Gasteiger partial charge on any atom is 0.358 e. The molecule has 3 aromatic rings. The van der Waals surface area contributed by atoms with Gasteiger partial charge in [0.25, 0.3) is 0 Å². The predicted molar refractivity (Wildman–Crippen MR) is 76.6 cm³/mol. The fourth-order valence-electron chi connectivity index (χ4n) is 1.96. The molecule has 104 valence electrons. The minimum Gasteiger partial charge on any atom is -0.476 e. The van der Waals surface area contributed by atoms with Crippen molar-refractivity contribution in [3.63, 3.8) is 0 Å². The number of aromatic carboxylic acids is 1. The average molecular weight is 301 g/mol. The van der Waals surface area contributed by atoms with Gasteiger partial charge in [-0.05, 0) is 36.4 Å². The molecule has 2 heterocycles. The summed E-state index contributed by atoms with van der Waals surface area (Å²) in [5, 5.41) is 17.6. The summed E-state index contributed by atoms with van der Waals surface area (Å²) < 4.78 is 1.47. The highest BCUT2D eigenvalue weighted by molar-refractivity contribution is 6.30. The molecule has 0 spiro atoms. The minimum absolute atomic E-state index is 0.115. The summed E-state index contributed by atoms with van der Waals surface area (Å²) in [6, 6.07) is 10.3. The zero-order chi connectivity index (χ0) is 14.8. The lowest BCUT2D eigenvalue weighted by atomic mass is 10.1. The van der Waals surface area contributed by atoms with Crippen LogP contribution >= 0.6 is 11.6 Å². The lowest BCUT2D eigenvalue weighted by Crippen LogP contribution is -2.03. The van der Waals surface area contributed by atoms with Crippen LogP contribution in [0.4, 0.5) is 0 Å². The standard InChI is InChI=1S/C14H9ClN4O2/c15-10-1-3-11(4-2-10)19-13(9-5-7-16-8-6-9)12(14(20)21)17-18-19/h1-8H,(H,20,21). The zero-order valence-electron chi connectivity index (χ0n) is 10.6. The van der Waals surface area contributed by atoms with E-state index in [1.807, 2.05) is 0 Å². The van der Waals surface area contributed by atoms with Gasteiger partial charge in [-0.3, -0.25) is 4.98 Å². The molecule has 0 bridgehead atoms. The number of pyridine rings is 1. The normalized spacial score (nSPS) is 10.5. The fourth-order valence-corrected chi connectivity index (χ4v) is 2.08. The van der Waals surface area contributed by atoms with Crippen molar-refractivity contribution in [2.75, 3.05) is 0 Å². The Morgan fingerprint density at radius 3 is 2.38 bits per heavy atom. The Kier molecular flexibility index (Phi) is 3.37. The number of hydrogen-bond donors (Lipinski definition) is 1. The molecule has 0 aliphatic heterocycles. The first kappa shape index (κ1) is 13.3. The van der Waals surface area contributed by atoms with Crippen molar-refractivity contribution in [1.82, 2.24) is 20.0 Å². The van der Waals surface area contributed by atoms with Gasteiger partial charge in [0.1, 0.15) is 5.69 Å². The molecular formula is C14H9ClN4O2. The third kappa shape index (κ3) is 2.48. The van der Waals surface area contributed by atoms with Gasteiger partial charge in [-0.1, -0.05) is 16.8 Å². The quantitative estimate of drug-likeness (QED) is 0.804. The molecule has 0 atom stereocenters. The molecule has 0 unspecified atom stereocenters. The van der Waals surface area contributed by atoms with Crippen LogP contribution in [0.15, 0.2) is 48.8 Å². The van der Waals surface area contributed by atoms with Crippen molar-refractivity contribution in [3.8, 4) is 16.9 Å². The summed E-state index contributed by atoms with van der Waals surface area (Å²) in [6.07, 6.45) is 3.17. The van der Waals surface area contributed by atoms with Crippen LogP contribution in [0.2, 0.25) is 5.02 Å². The molecule has 0 fully saturated rings. The molecule has 1 N–H and O–H groups in total. The van der Waals surface area contributed by atoms with Crippen LogP contribution in [-0.4, -0.2) is 31.1 Å². The molecule has 3 rings (SSSR count). The maximum absolute atomic E-state index is 11.3. The van der Waals surface area contributed by atoms with E-state index >= 15 is 0 Å². The highest BCUT2D eigenvalue weighted by Crippen LogP contribution is 2.25. The van der Waals surface area contributed by atoms with Crippen LogP contribution in [0.25, 0.3) is 16.9 Å². The molecule has 0 amide bonds. The molecule has 21 heavy (non-hydrogen) atoms. The summed E-state index contributed by atoms with van der Waals surface area (Å²) in [5.74, 6) is -1.14. The number of hydrogen-bond acceptors (Lipinski definition) is 4. The largest absolute Gasteiger partial charge is 0.476 e. The van der Waals surface area contributed by atoms with Gasteiger partial charge in [-0.25, -0.2) is 9.48 Å². The predicted octanol–water partition coefficient (Wildman–Crippen LogP) is 2.68. The molecule has 7 heteroatoms. The smallest absolute Gasteiger partial charge is 0.358 e. The number of nitrogens with zero attached hydrogens (tertiary/aromatic N) is 4. The second-order valence-electron chi connectivity index (χ2n) is 4.22. The molecule has 0 aliphatic rings. The number of carboxylic acids is 1. The van der Waals surface area contributed by atoms with Crippen molar-refractivity contribution < 1.29 is 9.90 Å². The minimum atomic E-state index is -1.14. The molecule has 0 saturated carbocycles. The summed E-state index contributed by atoms with van der Waals surface area (Å²) in [7, 11) is 0. The lowest BCUT2D eigenvalue weighted by molar-refractivity contribution is 0.0691. The van der Waals surface area contributed by atoms with E-state index in [9.17, 15) is 9.90 Å². The molecule has 0 radical (unpaired) electrons. The molecule has 0 saturated heterocycles. The van der Waals surface area contributed by atoms with Crippen molar-refractivity contribution in [2.45, 2.75) is 0 Å².